The van der Waals surface area contributed by atoms with Crippen LogP contribution in [0.5, 0.6) is 0 Å². The van der Waals surface area contributed by atoms with Crippen molar-refractivity contribution in [2.75, 3.05) is 0 Å². The second kappa shape index (κ2) is 27.5. The zero-order chi connectivity index (χ0) is 66.1. The van der Waals surface area contributed by atoms with E-state index in [-0.39, 0.29) is 53.7 Å². The zero-order valence-corrected chi connectivity index (χ0v) is 54.0. The van der Waals surface area contributed by atoms with Crippen LogP contribution >= 0.6 is 0 Å². The molecule has 0 aliphatic heterocycles. The zero-order valence-electron chi connectivity index (χ0n) is 51.6. The summed E-state index contributed by atoms with van der Waals surface area (Å²) in [5, 5.41) is 0. The summed E-state index contributed by atoms with van der Waals surface area (Å²) < 4.78 is 113. The van der Waals surface area contributed by atoms with E-state index in [0.717, 1.165) is 51.1 Å². The summed E-state index contributed by atoms with van der Waals surface area (Å²) in [6, 6.07) is 89.0. The normalized spacial score (nSPS) is 11.1. The second-order valence-corrected chi connectivity index (χ2v) is 23.3. The fourth-order valence-corrected chi connectivity index (χ4v) is 12.6. The van der Waals surface area contributed by atoms with Gasteiger partial charge in [-0.05, 0) is 183 Å². The number of benzene rings is 12. The molecule has 0 aliphatic rings. The molecule has 0 bridgehead atoms. The van der Waals surface area contributed by atoms with E-state index in [0.29, 0.717) is 83.6 Å². The first kappa shape index (κ1) is 63.6. The molecule has 0 radical (unpaired) electrons. The Morgan fingerprint density at radius 1 is 0.245 bits per heavy atom. The first-order valence-electron chi connectivity index (χ1n) is 31.1. The largest absolute Gasteiger partial charge is 3.00 e. The van der Waals surface area contributed by atoms with Crippen molar-refractivity contribution in [2.24, 2.45) is 0 Å². The van der Waals surface area contributed by atoms with E-state index in [9.17, 15) is 0 Å². The molecule has 0 spiro atoms. The molecular weight excluding hydrogens is 1410 g/mol. The van der Waals surface area contributed by atoms with Gasteiger partial charge in [-0.15, -0.1) is 59.7 Å². The van der Waals surface area contributed by atoms with Gasteiger partial charge in [-0.25, -0.2) is 13.2 Å². The summed E-state index contributed by atoms with van der Waals surface area (Å²) in [6.07, 6.45) is 4.80. The van der Waals surface area contributed by atoms with Gasteiger partial charge in [0.1, 0.15) is 17.5 Å². The summed E-state index contributed by atoms with van der Waals surface area (Å²) >= 11 is 0. The molecule has 470 valence electrons. The van der Waals surface area contributed by atoms with E-state index in [1.807, 2.05) is 109 Å². The minimum atomic E-state index is -0.844. The Kier molecular flexibility index (Phi) is 17.9. The van der Waals surface area contributed by atoms with Crippen LogP contribution in [0.15, 0.2) is 298 Å². The summed E-state index contributed by atoms with van der Waals surface area (Å²) in [6.45, 7) is 0. The third-order valence-corrected chi connectivity index (χ3v) is 17.3. The average molecular weight is 1460 g/mol. The molecule has 0 fully saturated rings. The molecule has 0 amide bonds. The van der Waals surface area contributed by atoms with Gasteiger partial charge in [-0.3, -0.25) is 17.6 Å². The molecule has 0 N–H and O–H groups in total. The fourth-order valence-electron chi connectivity index (χ4n) is 12.6. The Bertz CT molecular complexity index is 5240. The topological polar surface area (TPSA) is 38.7 Å². The maximum Gasteiger partial charge on any atom is 3.00 e. The average Bonchev–Trinajstić information content (AvgIpc) is 0.748. The van der Waals surface area contributed by atoms with E-state index < -0.39 is 40.7 Å². The van der Waals surface area contributed by atoms with Crippen molar-refractivity contribution in [2.45, 2.75) is 0 Å². The molecule has 11 heteroatoms. The van der Waals surface area contributed by atoms with Crippen LogP contribution in [0.2, 0.25) is 0 Å². The monoisotopic (exact) mass is 1460 g/mol. The van der Waals surface area contributed by atoms with Crippen molar-refractivity contribution in [1.82, 2.24) is 15.0 Å². The van der Waals surface area contributed by atoms with E-state index in [1.165, 1.54) is 48.8 Å². The summed E-state index contributed by atoms with van der Waals surface area (Å²) in [5.41, 5.74) is 13.0. The quantitative estimate of drug-likeness (QED) is 0.0804. The Labute approximate surface area is 575 Å². The van der Waals surface area contributed by atoms with Gasteiger partial charge >= 0.3 is 20.1 Å². The predicted molar refractivity (Wildman–Crippen MR) is 372 cm³/mol. The molecule has 98 heavy (non-hydrogen) atoms. The van der Waals surface area contributed by atoms with Gasteiger partial charge < -0.3 is 15.0 Å². The molecule has 0 atom stereocenters. The van der Waals surface area contributed by atoms with Gasteiger partial charge in [0.25, 0.3) is 0 Å². The van der Waals surface area contributed by atoms with Crippen LogP contribution in [0.3, 0.4) is 0 Å². The Balaban J connectivity index is 0.00000821. The third kappa shape index (κ3) is 12.7. The molecule has 12 aromatic carbocycles. The molecule has 3 heterocycles. The van der Waals surface area contributed by atoms with Gasteiger partial charge in [-0.1, -0.05) is 205 Å². The van der Waals surface area contributed by atoms with E-state index in [1.54, 1.807) is 115 Å². The molecule has 0 aliphatic carbocycles. The SMILES string of the molecule is Fc1ccc(-c2ccc(-c3[c-]cc(F)c(-c4ccccc4)c3F)nc2)c(-c2cc(-c3cc(F)ccc3-c3ccc(-c4[c-]cc(F)c(-c5ccccc5)c4F)nc3)cc(-c3cc(F)ccc3-c3cnc(-c4[c-]ccc(-c5ccccc5)c4)cc3-c3ccc(-c4ccccc4)cc3)c2)c1.[Ir+3]. The Morgan fingerprint density at radius 2 is 0.622 bits per heavy atom. The van der Waals surface area contributed by atoms with Gasteiger partial charge in [0.15, 0.2) is 0 Å². The van der Waals surface area contributed by atoms with Gasteiger partial charge in [0.2, 0.25) is 0 Å². The molecule has 0 saturated carbocycles. The number of halogens is 7. The maximum absolute atomic E-state index is 16.6. The summed E-state index contributed by atoms with van der Waals surface area (Å²) in [5.74, 6) is -5.02. The molecule has 15 aromatic rings. The first-order valence-corrected chi connectivity index (χ1v) is 31.1. The van der Waals surface area contributed by atoms with E-state index in [2.05, 4.69) is 40.3 Å². The second-order valence-electron chi connectivity index (χ2n) is 23.3. The number of rotatable bonds is 14. The number of aromatic nitrogens is 3. The number of pyridine rings is 3. The maximum atomic E-state index is 16.6. The third-order valence-electron chi connectivity index (χ3n) is 17.3. The molecule has 15 rings (SSSR count). The molecular formula is C87H49F7IrN3. The van der Waals surface area contributed by atoms with Crippen LogP contribution in [-0.2, 0) is 20.1 Å². The minimum absolute atomic E-state index is 0. The molecule has 3 nitrogen and oxygen atoms in total. The van der Waals surface area contributed by atoms with Crippen molar-refractivity contribution < 1.29 is 50.8 Å². The Morgan fingerprint density at radius 3 is 1.07 bits per heavy atom. The van der Waals surface area contributed by atoms with Crippen LogP contribution in [0, 0.1) is 58.9 Å². The minimum Gasteiger partial charge on any atom is -0.304 e. The van der Waals surface area contributed by atoms with Crippen molar-refractivity contribution in [3.63, 3.8) is 0 Å². The molecule has 0 unspecified atom stereocenters. The molecule has 0 saturated heterocycles. The summed E-state index contributed by atoms with van der Waals surface area (Å²) in [7, 11) is 0. The van der Waals surface area contributed by atoms with Crippen LogP contribution in [0.25, 0.3) is 156 Å². The van der Waals surface area contributed by atoms with Crippen molar-refractivity contribution in [1.29, 1.82) is 0 Å². The molecule has 3 aromatic heterocycles. The van der Waals surface area contributed by atoms with Crippen LogP contribution in [0.1, 0.15) is 0 Å². The number of hydrogen-bond donors (Lipinski definition) is 0. The van der Waals surface area contributed by atoms with Gasteiger partial charge in [0, 0.05) is 47.4 Å². The van der Waals surface area contributed by atoms with Crippen molar-refractivity contribution >= 4 is 0 Å². The summed E-state index contributed by atoms with van der Waals surface area (Å²) in [4.78, 5) is 14.5. The van der Waals surface area contributed by atoms with E-state index >= 15 is 30.7 Å². The smallest absolute Gasteiger partial charge is 0.304 e. The van der Waals surface area contributed by atoms with Crippen LogP contribution in [-0.4, -0.2) is 15.0 Å². The van der Waals surface area contributed by atoms with Crippen LogP contribution < -0.4 is 0 Å². The number of nitrogens with zero attached hydrogens (tertiary/aromatic N) is 3. The first-order chi connectivity index (χ1) is 47.5. The Hall–Kier alpha value is -11.8. The van der Waals surface area contributed by atoms with Crippen molar-refractivity contribution in [3.05, 3.63) is 357 Å². The van der Waals surface area contributed by atoms with E-state index in [4.69, 9.17) is 4.98 Å². The van der Waals surface area contributed by atoms with Crippen LogP contribution in [0.4, 0.5) is 30.7 Å². The standard InChI is InChI=1S/C87H49F7N3.Ir/c88-66-30-33-69(61-28-40-81(95-50-61)72-36-38-79(91)84(86(72)93)57-18-9-3-10-19-57)74(46-66)63-43-64(75-47-67(89)31-34-70(75)62-29-41-82(96-51-62)73-37-39-80(92)85(87(73)94)58-20-11-4-12-21-58)45-65(44-63)76-48-68(90)32-35-71(76)78-52-97-83(60-23-13-22-59(42-60)54-16-7-2-8-17-54)49-77(78)56-26-24-55(25-27-56)53-14-5-1-6-15-53;/h1-22,24-35,38-52H;/q-3;+3. The van der Waals surface area contributed by atoms with Gasteiger partial charge in [0.05, 0.1) is 0 Å². The van der Waals surface area contributed by atoms with Crippen molar-refractivity contribution in [3.8, 4) is 156 Å². The predicted octanol–water partition coefficient (Wildman–Crippen LogP) is 23.6. The van der Waals surface area contributed by atoms with Gasteiger partial charge in [-0.2, -0.15) is 0 Å². The number of hydrogen-bond acceptors (Lipinski definition) is 3. The fraction of sp³-hybridized carbons (Fsp3) is 0.